The quantitative estimate of drug-likeness (QED) is 0.292. The van der Waals surface area contributed by atoms with Gasteiger partial charge in [0.25, 0.3) is 0 Å². The number of imidazole rings is 1. The van der Waals surface area contributed by atoms with Crippen LogP contribution in [0, 0.1) is 12.7 Å². The average molecular weight is 431 g/mol. The van der Waals surface area contributed by atoms with Gasteiger partial charge in [0.1, 0.15) is 11.3 Å². The maximum Gasteiger partial charge on any atom is 0.326 e. The summed E-state index contributed by atoms with van der Waals surface area (Å²) in [6, 6.07) is 3.53. The number of H-pyrrole nitrogens is 1. The van der Waals surface area contributed by atoms with Gasteiger partial charge in [-0.05, 0) is 76.5 Å². The van der Waals surface area contributed by atoms with Crippen molar-refractivity contribution in [1.82, 2.24) is 9.55 Å². The summed E-state index contributed by atoms with van der Waals surface area (Å²) in [7, 11) is 0. The number of nitrogens with one attached hydrogen (secondary N) is 1. The molecule has 0 amide bonds. The van der Waals surface area contributed by atoms with Gasteiger partial charge in [-0.1, -0.05) is 44.3 Å². The molecule has 172 valence electrons. The molecule has 0 spiro atoms. The van der Waals surface area contributed by atoms with Crippen LogP contribution in [-0.2, 0) is 4.74 Å². The second-order valence-electron chi connectivity index (χ2n) is 9.05. The van der Waals surface area contributed by atoms with Crippen LogP contribution in [0.4, 0.5) is 4.39 Å². The molecule has 1 heterocycles. The SMILES string of the molecule is CCCC(CCCCCCC1=CC[C@@H](OCC)CC1)n1c(=O)[nH]c2c(F)cc(C)cc21. The standard InChI is InChI=1S/C26H39FN2O2/c1-4-10-21(29-24-18-19(3)17-23(27)25(24)28-26(29)30)12-9-7-6-8-11-20-13-15-22(16-14-20)31-5-2/h13,17-18,21-22H,4-12,14-16H2,1-3H3,(H,28,30)/t21?,22-/m1/s1. The minimum atomic E-state index is -0.342. The summed E-state index contributed by atoms with van der Waals surface area (Å²) in [6.45, 7) is 6.90. The Morgan fingerprint density at radius 1 is 1.19 bits per heavy atom. The summed E-state index contributed by atoms with van der Waals surface area (Å²) >= 11 is 0. The number of unbranched alkanes of at least 4 members (excludes halogenated alkanes) is 3. The Morgan fingerprint density at radius 2 is 2.00 bits per heavy atom. The number of halogens is 1. The fraction of sp³-hybridized carbons (Fsp3) is 0.654. The average Bonchev–Trinajstić information content (AvgIpc) is 3.07. The molecule has 0 bridgehead atoms. The van der Waals surface area contributed by atoms with E-state index in [4.69, 9.17) is 4.74 Å². The van der Waals surface area contributed by atoms with Crippen LogP contribution in [0.1, 0.15) is 96.1 Å². The fourth-order valence-corrected chi connectivity index (χ4v) is 4.98. The van der Waals surface area contributed by atoms with Crippen LogP contribution in [0.25, 0.3) is 11.0 Å². The van der Waals surface area contributed by atoms with Crippen molar-refractivity contribution in [3.63, 3.8) is 0 Å². The van der Waals surface area contributed by atoms with Crippen LogP contribution in [0.15, 0.2) is 28.6 Å². The Balaban J connectivity index is 1.49. The van der Waals surface area contributed by atoms with Crippen LogP contribution >= 0.6 is 0 Å². The lowest BCUT2D eigenvalue weighted by molar-refractivity contribution is 0.0556. The van der Waals surface area contributed by atoms with E-state index in [1.807, 2.05) is 13.0 Å². The molecule has 0 saturated heterocycles. The van der Waals surface area contributed by atoms with Crippen molar-refractivity contribution in [3.8, 4) is 0 Å². The Morgan fingerprint density at radius 3 is 2.71 bits per heavy atom. The van der Waals surface area contributed by atoms with Crippen LogP contribution in [0.5, 0.6) is 0 Å². The van der Waals surface area contributed by atoms with Crippen LogP contribution in [0.2, 0.25) is 0 Å². The number of rotatable bonds is 12. The first-order chi connectivity index (χ1) is 15.0. The Labute approximate surface area is 185 Å². The predicted octanol–water partition coefficient (Wildman–Crippen LogP) is 6.97. The van der Waals surface area contributed by atoms with Crippen molar-refractivity contribution in [2.24, 2.45) is 0 Å². The zero-order valence-electron chi connectivity index (χ0n) is 19.5. The first-order valence-electron chi connectivity index (χ1n) is 12.2. The maximum absolute atomic E-state index is 14.3. The summed E-state index contributed by atoms with van der Waals surface area (Å²) in [6.07, 6.45) is 15.1. The molecule has 4 nitrogen and oxygen atoms in total. The van der Waals surface area contributed by atoms with Crippen LogP contribution in [0.3, 0.4) is 0 Å². The summed E-state index contributed by atoms with van der Waals surface area (Å²) in [5.41, 5.74) is 3.30. The number of allylic oxidation sites excluding steroid dienone is 1. The van der Waals surface area contributed by atoms with E-state index < -0.39 is 0 Å². The zero-order chi connectivity index (χ0) is 22.2. The summed E-state index contributed by atoms with van der Waals surface area (Å²) in [5, 5.41) is 0. The van der Waals surface area contributed by atoms with Gasteiger partial charge in [-0.2, -0.15) is 0 Å². The Bertz CT molecular complexity index is 927. The molecule has 3 rings (SSSR count). The molecular formula is C26H39FN2O2. The molecule has 1 aromatic heterocycles. The van der Waals surface area contributed by atoms with E-state index in [0.29, 0.717) is 17.1 Å². The van der Waals surface area contributed by atoms with Crippen molar-refractivity contribution >= 4 is 11.0 Å². The molecule has 1 N–H and O–H groups in total. The predicted molar refractivity (Wildman–Crippen MR) is 126 cm³/mol. The third kappa shape index (κ3) is 6.31. The number of aromatic nitrogens is 2. The molecule has 0 aliphatic heterocycles. The van der Waals surface area contributed by atoms with Crippen molar-refractivity contribution < 1.29 is 9.13 Å². The van der Waals surface area contributed by atoms with Gasteiger partial charge in [0.05, 0.1) is 11.6 Å². The number of nitrogens with zero attached hydrogens (tertiary/aromatic N) is 1. The summed E-state index contributed by atoms with van der Waals surface area (Å²) in [5.74, 6) is -0.342. The number of benzene rings is 1. The maximum atomic E-state index is 14.3. The lowest BCUT2D eigenvalue weighted by atomic mass is 9.93. The first-order valence-corrected chi connectivity index (χ1v) is 12.2. The van der Waals surface area contributed by atoms with Crippen molar-refractivity contribution in [2.45, 2.75) is 104 Å². The van der Waals surface area contributed by atoms with E-state index in [2.05, 4.69) is 24.9 Å². The van der Waals surface area contributed by atoms with E-state index >= 15 is 0 Å². The molecule has 0 saturated carbocycles. The molecule has 5 heteroatoms. The number of hydrogen-bond donors (Lipinski definition) is 1. The van der Waals surface area contributed by atoms with Gasteiger partial charge in [-0.15, -0.1) is 0 Å². The van der Waals surface area contributed by atoms with E-state index in [9.17, 15) is 9.18 Å². The summed E-state index contributed by atoms with van der Waals surface area (Å²) in [4.78, 5) is 15.4. The highest BCUT2D eigenvalue weighted by Gasteiger charge is 2.19. The van der Waals surface area contributed by atoms with Crippen LogP contribution < -0.4 is 5.69 Å². The molecule has 1 aromatic carbocycles. The minimum Gasteiger partial charge on any atom is -0.378 e. The fourth-order valence-electron chi connectivity index (χ4n) is 4.98. The third-order valence-corrected chi connectivity index (χ3v) is 6.56. The lowest BCUT2D eigenvalue weighted by Gasteiger charge is -2.22. The second kappa shape index (κ2) is 11.7. The van der Waals surface area contributed by atoms with Gasteiger partial charge in [-0.25, -0.2) is 9.18 Å². The van der Waals surface area contributed by atoms with Gasteiger partial charge in [-0.3, -0.25) is 4.57 Å². The molecular weight excluding hydrogens is 391 g/mol. The molecule has 2 atom stereocenters. The number of fused-ring (bicyclic) bond motifs is 1. The number of hydrogen-bond acceptors (Lipinski definition) is 2. The topological polar surface area (TPSA) is 47.0 Å². The van der Waals surface area contributed by atoms with Gasteiger partial charge < -0.3 is 9.72 Å². The zero-order valence-corrected chi connectivity index (χ0v) is 19.5. The molecule has 31 heavy (non-hydrogen) atoms. The largest absolute Gasteiger partial charge is 0.378 e. The number of ether oxygens (including phenoxy) is 1. The van der Waals surface area contributed by atoms with Gasteiger partial charge in [0.15, 0.2) is 0 Å². The molecule has 0 fully saturated rings. The Kier molecular flexibility index (Phi) is 8.94. The van der Waals surface area contributed by atoms with Crippen molar-refractivity contribution in [2.75, 3.05) is 6.61 Å². The lowest BCUT2D eigenvalue weighted by Crippen LogP contribution is -2.22. The van der Waals surface area contributed by atoms with E-state index in [1.165, 1.54) is 38.2 Å². The van der Waals surface area contributed by atoms with E-state index in [1.54, 1.807) is 10.1 Å². The molecule has 0 radical (unpaired) electrons. The first kappa shape index (κ1) is 23.8. The highest BCUT2D eigenvalue weighted by Crippen LogP contribution is 2.27. The highest BCUT2D eigenvalue weighted by atomic mass is 19.1. The monoisotopic (exact) mass is 430 g/mol. The molecule has 2 aromatic rings. The van der Waals surface area contributed by atoms with Gasteiger partial charge in [0.2, 0.25) is 0 Å². The molecule has 1 aliphatic carbocycles. The number of aromatic amines is 1. The smallest absolute Gasteiger partial charge is 0.326 e. The highest BCUT2D eigenvalue weighted by molar-refractivity contribution is 5.77. The van der Waals surface area contributed by atoms with Gasteiger partial charge >= 0.3 is 5.69 Å². The Hall–Kier alpha value is -1.88. The van der Waals surface area contributed by atoms with E-state index in [0.717, 1.165) is 50.7 Å². The van der Waals surface area contributed by atoms with Crippen molar-refractivity contribution in [1.29, 1.82) is 0 Å². The van der Waals surface area contributed by atoms with Gasteiger partial charge in [0, 0.05) is 12.6 Å². The number of aryl methyl sites for hydroxylation is 1. The summed E-state index contributed by atoms with van der Waals surface area (Å²) < 4.78 is 21.8. The normalized spacial score (nSPS) is 17.8. The van der Waals surface area contributed by atoms with E-state index in [-0.39, 0.29) is 17.5 Å². The second-order valence-corrected chi connectivity index (χ2v) is 9.05. The minimum absolute atomic E-state index is 0.129. The van der Waals surface area contributed by atoms with Crippen molar-refractivity contribution in [3.05, 3.63) is 45.6 Å². The molecule has 1 unspecified atom stereocenters. The molecule has 1 aliphatic rings. The third-order valence-electron chi connectivity index (χ3n) is 6.56. The van der Waals surface area contributed by atoms with Crippen LogP contribution in [-0.4, -0.2) is 22.3 Å².